The van der Waals surface area contributed by atoms with Gasteiger partial charge in [0.25, 0.3) is 0 Å². The third-order valence-electron chi connectivity index (χ3n) is 6.66. The molecule has 3 heterocycles. The monoisotopic (exact) mass is 435 g/mol. The van der Waals surface area contributed by atoms with Crippen molar-refractivity contribution in [1.82, 2.24) is 19.5 Å². The minimum absolute atomic E-state index is 0.259. The number of fused-ring (bicyclic) bond motifs is 1. The summed E-state index contributed by atoms with van der Waals surface area (Å²) in [5, 5.41) is 8.89. The van der Waals surface area contributed by atoms with Crippen LogP contribution in [0.2, 0.25) is 5.02 Å². The van der Waals surface area contributed by atoms with Gasteiger partial charge in [0.05, 0.1) is 5.69 Å². The summed E-state index contributed by atoms with van der Waals surface area (Å²) in [5.41, 5.74) is 3.59. The maximum Gasteiger partial charge on any atom is 0.225 e. The Morgan fingerprint density at radius 2 is 1.87 bits per heavy atom. The largest absolute Gasteiger partial charge is 0.367 e. The zero-order valence-electron chi connectivity index (χ0n) is 17.9. The molecule has 2 aromatic heterocycles. The Balaban J connectivity index is 1.36. The number of nitrogens with one attached hydrogen (secondary N) is 1. The van der Waals surface area contributed by atoms with Crippen molar-refractivity contribution in [2.24, 2.45) is 5.92 Å². The number of carbonyl (C=O) groups excluding carboxylic acids is 1. The molecule has 1 aliphatic carbocycles. The molecule has 0 radical (unpaired) electrons. The van der Waals surface area contributed by atoms with Gasteiger partial charge in [-0.2, -0.15) is 9.61 Å². The third-order valence-corrected chi connectivity index (χ3v) is 6.99. The van der Waals surface area contributed by atoms with Crippen molar-refractivity contribution in [2.45, 2.75) is 44.6 Å². The number of likely N-dealkylation sites (tertiary alicyclic amines) is 1. The summed E-state index contributed by atoms with van der Waals surface area (Å²) >= 11 is 6.45. The van der Waals surface area contributed by atoms with E-state index < -0.39 is 0 Å². The fraction of sp³-hybridized carbons (Fsp3) is 0.435. The van der Waals surface area contributed by atoms with Crippen molar-refractivity contribution in [1.29, 1.82) is 0 Å². The molecule has 3 aromatic rings. The summed E-state index contributed by atoms with van der Waals surface area (Å²) in [7, 11) is 2.02. The number of piperidine rings is 1. The molecule has 2 fully saturated rings. The Labute approximate surface area is 188 Å². The van der Waals surface area contributed by atoms with Gasteiger partial charge in [0, 0.05) is 47.9 Å². The molecule has 0 atom stereocenters. The standard InChI is InChI=1S/C23H27BClN5O/c24-18-14-26-30-21(13-20(28-22(18)30)17-7-3-4-8-19(17)25)27-16-9-11-29(12-10-16)23(31)15-5-1-2-6-15/h3-4,7-8,13-16,27H,1-2,5-6,9-12,24H2. The molecule has 31 heavy (non-hydrogen) atoms. The maximum absolute atomic E-state index is 12.7. The predicted octanol–water partition coefficient (Wildman–Crippen LogP) is 2.90. The lowest BCUT2D eigenvalue weighted by molar-refractivity contribution is -0.136. The molecule has 1 aliphatic heterocycles. The number of anilines is 1. The molecule has 1 N–H and O–H groups in total. The molecule has 5 rings (SSSR count). The van der Waals surface area contributed by atoms with Crippen molar-refractivity contribution >= 4 is 42.3 Å². The van der Waals surface area contributed by atoms with Crippen molar-refractivity contribution in [3.8, 4) is 11.3 Å². The van der Waals surface area contributed by atoms with Crippen LogP contribution in [0.1, 0.15) is 38.5 Å². The SMILES string of the molecule is Bc1cnn2c(NC3CCN(C(=O)C4CCCC4)CC3)cc(-c3ccccc3Cl)nc12. The van der Waals surface area contributed by atoms with Crippen LogP contribution in [0.5, 0.6) is 0 Å². The van der Waals surface area contributed by atoms with Crippen LogP contribution < -0.4 is 10.8 Å². The Bertz CT molecular complexity index is 1100. The first-order chi connectivity index (χ1) is 15.1. The van der Waals surface area contributed by atoms with Crippen molar-refractivity contribution < 1.29 is 4.79 Å². The molecule has 1 saturated heterocycles. The number of benzene rings is 1. The molecule has 0 spiro atoms. The fourth-order valence-electron chi connectivity index (χ4n) is 4.87. The maximum atomic E-state index is 12.7. The van der Waals surface area contributed by atoms with E-state index in [0.29, 0.717) is 17.0 Å². The van der Waals surface area contributed by atoms with Gasteiger partial charge >= 0.3 is 0 Å². The van der Waals surface area contributed by atoms with Gasteiger partial charge in [-0.25, -0.2) is 4.98 Å². The molecular formula is C23H27BClN5O. The minimum Gasteiger partial charge on any atom is -0.367 e. The summed E-state index contributed by atoms with van der Waals surface area (Å²) in [4.78, 5) is 19.6. The van der Waals surface area contributed by atoms with Gasteiger partial charge in [-0.05, 0) is 37.2 Å². The van der Waals surface area contributed by atoms with Gasteiger partial charge in [0.2, 0.25) is 5.91 Å². The molecule has 8 heteroatoms. The number of carbonyl (C=O) groups is 1. The molecule has 160 valence electrons. The first-order valence-electron chi connectivity index (χ1n) is 11.3. The fourth-order valence-corrected chi connectivity index (χ4v) is 5.10. The van der Waals surface area contributed by atoms with E-state index in [0.717, 1.165) is 67.0 Å². The number of amides is 1. The van der Waals surface area contributed by atoms with E-state index in [-0.39, 0.29) is 5.92 Å². The molecule has 0 bridgehead atoms. The highest BCUT2D eigenvalue weighted by molar-refractivity contribution is 6.36. The Hall–Kier alpha value is -2.54. The zero-order chi connectivity index (χ0) is 21.4. The Morgan fingerprint density at radius 1 is 1.13 bits per heavy atom. The van der Waals surface area contributed by atoms with Gasteiger partial charge < -0.3 is 10.2 Å². The average molecular weight is 436 g/mol. The second-order valence-corrected chi connectivity index (χ2v) is 9.20. The van der Waals surface area contributed by atoms with Gasteiger partial charge in [-0.3, -0.25) is 4.79 Å². The van der Waals surface area contributed by atoms with Crippen LogP contribution >= 0.6 is 11.6 Å². The molecule has 1 amide bonds. The summed E-state index contributed by atoms with van der Waals surface area (Å²) in [6, 6.07) is 10.1. The van der Waals surface area contributed by atoms with Crippen LogP contribution in [-0.4, -0.2) is 52.4 Å². The minimum atomic E-state index is 0.259. The lowest BCUT2D eigenvalue weighted by Gasteiger charge is -2.34. The number of rotatable bonds is 4. The van der Waals surface area contributed by atoms with E-state index in [2.05, 4.69) is 15.3 Å². The molecule has 0 unspecified atom stereocenters. The Morgan fingerprint density at radius 3 is 2.61 bits per heavy atom. The zero-order valence-corrected chi connectivity index (χ0v) is 18.6. The quantitative estimate of drug-likeness (QED) is 0.640. The second-order valence-electron chi connectivity index (χ2n) is 8.79. The van der Waals surface area contributed by atoms with Gasteiger partial charge in [-0.1, -0.05) is 42.6 Å². The normalized spacial score (nSPS) is 18.0. The molecule has 1 saturated carbocycles. The Kier molecular flexibility index (Phi) is 5.61. The summed E-state index contributed by atoms with van der Waals surface area (Å²) in [6.45, 7) is 1.63. The molecule has 1 aromatic carbocycles. The lowest BCUT2D eigenvalue weighted by Crippen LogP contribution is -2.44. The number of hydrogen-bond acceptors (Lipinski definition) is 4. The van der Waals surface area contributed by atoms with Crippen molar-refractivity contribution in [3.05, 3.63) is 41.6 Å². The van der Waals surface area contributed by atoms with Crippen LogP contribution in [0.3, 0.4) is 0 Å². The average Bonchev–Trinajstić information content (AvgIpc) is 3.45. The number of aromatic nitrogens is 3. The summed E-state index contributed by atoms with van der Waals surface area (Å²) < 4.78 is 1.87. The van der Waals surface area contributed by atoms with Crippen molar-refractivity contribution in [2.75, 3.05) is 18.4 Å². The lowest BCUT2D eigenvalue weighted by atomic mass is 10.00. The summed E-state index contributed by atoms with van der Waals surface area (Å²) in [6.07, 6.45) is 8.23. The third kappa shape index (κ3) is 4.03. The van der Waals surface area contributed by atoms with Crippen LogP contribution in [0.25, 0.3) is 16.9 Å². The first kappa shape index (κ1) is 20.4. The second kappa shape index (κ2) is 8.54. The predicted molar refractivity (Wildman–Crippen MR) is 127 cm³/mol. The van der Waals surface area contributed by atoms with Gasteiger partial charge in [-0.15, -0.1) is 0 Å². The van der Waals surface area contributed by atoms with E-state index in [1.165, 1.54) is 12.8 Å². The number of nitrogens with zero attached hydrogens (tertiary/aromatic N) is 4. The van der Waals surface area contributed by atoms with Gasteiger partial charge in [0.1, 0.15) is 13.7 Å². The number of halogens is 1. The smallest absolute Gasteiger partial charge is 0.225 e. The van der Waals surface area contributed by atoms with E-state index in [1.54, 1.807) is 0 Å². The molecule has 6 nitrogen and oxygen atoms in total. The van der Waals surface area contributed by atoms with E-state index in [4.69, 9.17) is 16.6 Å². The topological polar surface area (TPSA) is 62.5 Å². The highest BCUT2D eigenvalue weighted by atomic mass is 35.5. The number of hydrogen-bond donors (Lipinski definition) is 1. The summed E-state index contributed by atoms with van der Waals surface area (Å²) in [5.74, 6) is 1.54. The first-order valence-corrected chi connectivity index (χ1v) is 11.6. The van der Waals surface area contributed by atoms with E-state index >= 15 is 0 Å². The van der Waals surface area contributed by atoms with Crippen LogP contribution in [-0.2, 0) is 4.79 Å². The highest BCUT2D eigenvalue weighted by Gasteiger charge is 2.30. The van der Waals surface area contributed by atoms with Crippen LogP contribution in [0.15, 0.2) is 36.5 Å². The van der Waals surface area contributed by atoms with E-state index in [1.807, 2.05) is 48.9 Å². The van der Waals surface area contributed by atoms with E-state index in [9.17, 15) is 4.79 Å². The van der Waals surface area contributed by atoms with Gasteiger partial charge in [0.15, 0.2) is 5.65 Å². The van der Waals surface area contributed by atoms with Crippen LogP contribution in [0.4, 0.5) is 5.82 Å². The molecule has 2 aliphatic rings. The highest BCUT2D eigenvalue weighted by Crippen LogP contribution is 2.30. The van der Waals surface area contributed by atoms with Crippen molar-refractivity contribution in [3.63, 3.8) is 0 Å². The molecular weight excluding hydrogens is 409 g/mol. The van der Waals surface area contributed by atoms with Crippen LogP contribution in [0, 0.1) is 5.92 Å².